The maximum absolute atomic E-state index is 11.2. The highest BCUT2D eigenvalue weighted by molar-refractivity contribution is 5.87. The van der Waals surface area contributed by atoms with E-state index in [-0.39, 0.29) is 11.9 Å². The van der Waals surface area contributed by atoms with Crippen molar-refractivity contribution in [2.75, 3.05) is 79.3 Å². The van der Waals surface area contributed by atoms with E-state index in [0.29, 0.717) is 37.6 Å². The molecule has 0 heterocycles. The topological polar surface area (TPSA) is 98.8 Å². The van der Waals surface area contributed by atoms with Crippen LogP contribution in [-0.4, -0.2) is 91.2 Å². The van der Waals surface area contributed by atoms with Gasteiger partial charge in [-0.05, 0) is 90.9 Å². The molecule has 0 bridgehead atoms. The summed E-state index contributed by atoms with van der Waals surface area (Å²) in [5, 5.41) is 0. The monoisotopic (exact) mass is 586 g/mol. The van der Waals surface area contributed by atoms with Gasteiger partial charge in [0.1, 0.15) is 0 Å². The number of carbonyl (C=O) groups is 2. The van der Waals surface area contributed by atoms with Crippen LogP contribution in [0.25, 0.3) is 0 Å². The molecular formula is C32H58O9. The Morgan fingerprint density at radius 1 is 0.366 bits per heavy atom. The quantitative estimate of drug-likeness (QED) is 0.0535. The van der Waals surface area contributed by atoms with Gasteiger partial charge in [-0.25, -0.2) is 9.59 Å². The van der Waals surface area contributed by atoms with Crippen molar-refractivity contribution in [3.63, 3.8) is 0 Å². The molecule has 240 valence electrons. The number of esters is 2. The summed E-state index contributed by atoms with van der Waals surface area (Å²) in [7, 11) is 0. The van der Waals surface area contributed by atoms with Crippen LogP contribution in [0.5, 0.6) is 0 Å². The predicted molar refractivity (Wildman–Crippen MR) is 161 cm³/mol. The summed E-state index contributed by atoms with van der Waals surface area (Å²) < 4.78 is 38.3. The van der Waals surface area contributed by atoms with E-state index in [2.05, 4.69) is 13.2 Å². The van der Waals surface area contributed by atoms with Crippen LogP contribution < -0.4 is 0 Å². The van der Waals surface area contributed by atoms with Crippen LogP contribution in [0.15, 0.2) is 24.3 Å². The van der Waals surface area contributed by atoms with Gasteiger partial charge < -0.3 is 33.2 Å². The molecule has 0 radical (unpaired) electrons. The van der Waals surface area contributed by atoms with E-state index in [4.69, 9.17) is 33.2 Å². The first-order valence-corrected chi connectivity index (χ1v) is 15.5. The van der Waals surface area contributed by atoms with Crippen LogP contribution >= 0.6 is 0 Å². The van der Waals surface area contributed by atoms with E-state index in [1.54, 1.807) is 13.8 Å². The number of hydrogen-bond acceptors (Lipinski definition) is 9. The Kier molecular flexibility index (Phi) is 29.8. The van der Waals surface area contributed by atoms with Crippen molar-refractivity contribution in [1.82, 2.24) is 0 Å². The Balaban J connectivity index is 3.10. The van der Waals surface area contributed by atoms with E-state index in [1.165, 1.54) is 0 Å². The number of carbonyl (C=O) groups excluding carboxylic acids is 2. The van der Waals surface area contributed by atoms with Crippen LogP contribution in [0.4, 0.5) is 0 Å². The second kappa shape index (κ2) is 31.2. The van der Waals surface area contributed by atoms with Crippen molar-refractivity contribution in [2.45, 2.75) is 90.9 Å². The van der Waals surface area contributed by atoms with Crippen molar-refractivity contribution in [1.29, 1.82) is 0 Å². The van der Waals surface area contributed by atoms with Crippen molar-refractivity contribution in [2.24, 2.45) is 0 Å². The fourth-order valence-corrected chi connectivity index (χ4v) is 3.33. The molecule has 0 saturated heterocycles. The minimum absolute atomic E-state index is 0.326. The third-order valence-electron chi connectivity index (χ3n) is 5.84. The van der Waals surface area contributed by atoms with Crippen molar-refractivity contribution >= 4 is 11.9 Å². The summed E-state index contributed by atoms with van der Waals surface area (Å²) >= 11 is 0. The zero-order valence-corrected chi connectivity index (χ0v) is 26.1. The Morgan fingerprint density at radius 3 is 0.707 bits per heavy atom. The maximum atomic E-state index is 11.2. The molecule has 0 aromatic rings. The summed E-state index contributed by atoms with van der Waals surface area (Å²) in [6, 6.07) is 0. The zero-order valence-electron chi connectivity index (χ0n) is 26.1. The van der Waals surface area contributed by atoms with Gasteiger partial charge in [0.05, 0.1) is 13.2 Å². The fourth-order valence-electron chi connectivity index (χ4n) is 3.33. The summed E-state index contributed by atoms with van der Waals surface area (Å²) in [5.41, 5.74) is 0.866. The molecule has 0 aliphatic rings. The van der Waals surface area contributed by atoms with Gasteiger partial charge in [0, 0.05) is 77.2 Å². The minimum Gasteiger partial charge on any atom is -0.462 e. The molecule has 41 heavy (non-hydrogen) atoms. The molecule has 0 fully saturated rings. The molecule has 0 spiro atoms. The minimum atomic E-state index is -0.326. The lowest BCUT2D eigenvalue weighted by molar-refractivity contribution is -0.140. The first-order valence-electron chi connectivity index (χ1n) is 15.5. The van der Waals surface area contributed by atoms with Gasteiger partial charge in [0.25, 0.3) is 0 Å². The van der Waals surface area contributed by atoms with Crippen molar-refractivity contribution < 1.29 is 42.7 Å². The van der Waals surface area contributed by atoms with Crippen LogP contribution in [0.1, 0.15) is 90.9 Å². The lowest BCUT2D eigenvalue weighted by atomic mass is 10.3. The molecule has 0 aromatic carbocycles. The lowest BCUT2D eigenvalue weighted by Gasteiger charge is -2.07. The third-order valence-corrected chi connectivity index (χ3v) is 5.84. The van der Waals surface area contributed by atoms with Gasteiger partial charge in [0.2, 0.25) is 0 Å². The third kappa shape index (κ3) is 31.0. The molecule has 9 nitrogen and oxygen atoms in total. The van der Waals surface area contributed by atoms with E-state index in [9.17, 15) is 9.59 Å². The predicted octanol–water partition coefficient (Wildman–Crippen LogP) is 5.99. The number of ether oxygens (including phenoxy) is 7. The first-order chi connectivity index (χ1) is 19.9. The van der Waals surface area contributed by atoms with Gasteiger partial charge in [-0.3, -0.25) is 0 Å². The second-order valence-electron chi connectivity index (χ2n) is 10.1. The van der Waals surface area contributed by atoms with Crippen LogP contribution in [0.2, 0.25) is 0 Å². The van der Waals surface area contributed by atoms with Gasteiger partial charge in [-0.1, -0.05) is 13.2 Å². The van der Waals surface area contributed by atoms with Gasteiger partial charge in [-0.15, -0.1) is 0 Å². The first kappa shape index (κ1) is 39.2. The average Bonchev–Trinajstić information content (AvgIpc) is 2.95. The fraction of sp³-hybridized carbons (Fsp3) is 0.812. The Bertz CT molecular complexity index is 597. The smallest absolute Gasteiger partial charge is 0.333 e. The largest absolute Gasteiger partial charge is 0.462 e. The molecule has 0 aromatic heterocycles. The summed E-state index contributed by atoms with van der Waals surface area (Å²) in [6.45, 7) is 18.8. The van der Waals surface area contributed by atoms with E-state index in [0.717, 1.165) is 130 Å². The van der Waals surface area contributed by atoms with Crippen LogP contribution in [0.3, 0.4) is 0 Å². The average molecular weight is 587 g/mol. The Morgan fingerprint density at radius 2 is 0.537 bits per heavy atom. The van der Waals surface area contributed by atoms with E-state index >= 15 is 0 Å². The summed E-state index contributed by atoms with van der Waals surface area (Å²) in [5.74, 6) is -0.652. The standard InChI is InChI=1S/C32H58O9/c1-29(2)31(33)40-27-15-13-25-38-23-11-9-21-36-19-7-5-17-35-18-6-8-20-37-22-10-12-24-39-26-14-16-28-41-32(34)30(3)4/h1,3,5-28H2,2,4H3. The highest BCUT2D eigenvalue weighted by atomic mass is 16.5. The maximum Gasteiger partial charge on any atom is 0.333 e. The molecule has 0 N–H and O–H groups in total. The highest BCUT2D eigenvalue weighted by Gasteiger charge is 2.03. The zero-order chi connectivity index (χ0) is 30.2. The summed E-state index contributed by atoms with van der Waals surface area (Å²) in [4.78, 5) is 22.5. The number of hydrogen-bond donors (Lipinski definition) is 0. The molecule has 0 amide bonds. The highest BCUT2D eigenvalue weighted by Crippen LogP contribution is 2.01. The second-order valence-corrected chi connectivity index (χ2v) is 10.1. The number of rotatable bonds is 32. The molecule has 0 unspecified atom stereocenters. The molecule has 0 saturated carbocycles. The van der Waals surface area contributed by atoms with Crippen LogP contribution in [0, 0.1) is 0 Å². The molecular weight excluding hydrogens is 528 g/mol. The van der Waals surface area contributed by atoms with Crippen molar-refractivity contribution in [3.8, 4) is 0 Å². The Hall–Kier alpha value is -1.78. The normalized spacial score (nSPS) is 11.0. The van der Waals surface area contributed by atoms with E-state index < -0.39 is 0 Å². The van der Waals surface area contributed by atoms with E-state index in [1.807, 2.05) is 0 Å². The Labute approximate surface area is 249 Å². The van der Waals surface area contributed by atoms with Crippen LogP contribution in [-0.2, 0) is 42.7 Å². The van der Waals surface area contributed by atoms with Gasteiger partial charge in [-0.2, -0.15) is 0 Å². The van der Waals surface area contributed by atoms with Crippen molar-refractivity contribution in [3.05, 3.63) is 24.3 Å². The molecule has 0 atom stereocenters. The van der Waals surface area contributed by atoms with Gasteiger partial charge in [0.15, 0.2) is 0 Å². The number of unbranched alkanes of at least 4 members (excludes halogenated alkanes) is 6. The summed E-state index contributed by atoms with van der Waals surface area (Å²) in [6.07, 6.45) is 11.4. The lowest BCUT2D eigenvalue weighted by Crippen LogP contribution is -2.07. The molecule has 9 heteroatoms. The molecule has 0 rings (SSSR count). The molecule has 0 aliphatic heterocycles. The van der Waals surface area contributed by atoms with Gasteiger partial charge >= 0.3 is 11.9 Å². The SMILES string of the molecule is C=C(C)C(=O)OCCCCOCCCCOCCCCOCCCCOCCCCOCCCCOC(=O)C(=C)C. The molecule has 0 aliphatic carbocycles.